The third kappa shape index (κ3) is 3.48. The maximum Gasteiger partial charge on any atom is 0.125 e. The monoisotopic (exact) mass is 336 g/mol. The van der Waals surface area contributed by atoms with Crippen LogP contribution in [0.15, 0.2) is 36.9 Å². The van der Waals surface area contributed by atoms with Gasteiger partial charge in [-0.1, -0.05) is 30.0 Å². The number of aliphatic hydroxyl groups is 2. The number of hydrogen-bond donors (Lipinski definition) is 2. The van der Waals surface area contributed by atoms with Crippen LogP contribution in [0.1, 0.15) is 42.7 Å². The molecule has 1 saturated heterocycles. The summed E-state index contributed by atoms with van der Waals surface area (Å²) in [5.74, 6) is 6.08. The Kier molecular flexibility index (Phi) is 5.25. The van der Waals surface area contributed by atoms with Gasteiger partial charge in [0, 0.05) is 24.1 Å². The first-order valence-corrected chi connectivity index (χ1v) is 8.84. The summed E-state index contributed by atoms with van der Waals surface area (Å²) >= 11 is 0. The van der Waals surface area contributed by atoms with Gasteiger partial charge in [-0.15, -0.1) is 6.58 Å². The van der Waals surface area contributed by atoms with Gasteiger partial charge in [-0.2, -0.15) is 5.26 Å². The summed E-state index contributed by atoms with van der Waals surface area (Å²) in [6.07, 6.45) is 5.33. The van der Waals surface area contributed by atoms with E-state index in [1.807, 2.05) is 29.2 Å². The Bertz CT molecular complexity index is 717. The molecule has 0 spiro atoms. The van der Waals surface area contributed by atoms with Crippen molar-refractivity contribution in [2.24, 2.45) is 0 Å². The number of aliphatic hydroxyl groups excluding tert-OH is 1. The highest BCUT2D eigenvalue weighted by Crippen LogP contribution is 2.40. The highest BCUT2D eigenvalue weighted by Gasteiger charge is 2.48. The number of hydrogen-bond acceptors (Lipinski definition) is 4. The van der Waals surface area contributed by atoms with Gasteiger partial charge < -0.3 is 10.2 Å². The third-order valence-electron chi connectivity index (χ3n) is 5.36. The lowest BCUT2D eigenvalue weighted by Gasteiger charge is -2.51. The van der Waals surface area contributed by atoms with Crippen molar-refractivity contribution in [1.29, 1.82) is 5.26 Å². The molecule has 0 unspecified atom stereocenters. The molecule has 0 bridgehead atoms. The SMILES string of the molecule is C=CCN1[C@H](CO)[C@H](c2ccc(C#CC3(O)CCCC3)cc2)[C@@H]1C#N. The highest BCUT2D eigenvalue weighted by atomic mass is 16.3. The zero-order valence-electron chi connectivity index (χ0n) is 14.4. The van der Waals surface area contributed by atoms with Crippen LogP contribution in [-0.2, 0) is 0 Å². The Morgan fingerprint density at radius 2 is 1.96 bits per heavy atom. The molecule has 1 aromatic rings. The Hall–Kier alpha value is -2.11. The smallest absolute Gasteiger partial charge is 0.125 e. The molecule has 2 N–H and O–H groups in total. The Balaban J connectivity index is 1.75. The second-order valence-electron chi connectivity index (χ2n) is 6.95. The number of benzene rings is 1. The zero-order chi connectivity index (χ0) is 17.9. The molecule has 0 amide bonds. The Labute approximate surface area is 149 Å². The lowest BCUT2D eigenvalue weighted by molar-refractivity contribution is -0.00730. The Morgan fingerprint density at radius 1 is 1.28 bits per heavy atom. The van der Waals surface area contributed by atoms with Crippen LogP contribution in [0.2, 0.25) is 0 Å². The van der Waals surface area contributed by atoms with Gasteiger partial charge >= 0.3 is 0 Å². The average molecular weight is 336 g/mol. The molecule has 4 nitrogen and oxygen atoms in total. The average Bonchev–Trinajstić information content (AvgIpc) is 3.05. The lowest BCUT2D eigenvalue weighted by Crippen LogP contribution is -2.63. The van der Waals surface area contributed by atoms with E-state index in [1.54, 1.807) is 6.08 Å². The lowest BCUT2D eigenvalue weighted by atomic mass is 9.75. The number of likely N-dealkylation sites (tertiary alicyclic amines) is 1. The van der Waals surface area contributed by atoms with Crippen LogP contribution >= 0.6 is 0 Å². The van der Waals surface area contributed by atoms with Gasteiger partial charge in [-0.05, 0) is 43.4 Å². The summed E-state index contributed by atoms with van der Waals surface area (Å²) in [6, 6.07) is 9.85. The van der Waals surface area contributed by atoms with Crippen LogP contribution in [0.25, 0.3) is 0 Å². The van der Waals surface area contributed by atoms with Crippen molar-refractivity contribution >= 4 is 0 Å². The summed E-state index contributed by atoms with van der Waals surface area (Å²) in [5, 5.41) is 29.4. The minimum atomic E-state index is -0.828. The molecule has 3 rings (SSSR count). The van der Waals surface area contributed by atoms with Gasteiger partial charge in [0.2, 0.25) is 0 Å². The molecule has 0 aromatic heterocycles. The normalized spacial score (nSPS) is 27.6. The van der Waals surface area contributed by atoms with Gasteiger partial charge in [-0.25, -0.2) is 0 Å². The number of rotatable bonds is 4. The van der Waals surface area contributed by atoms with E-state index in [0.29, 0.717) is 6.54 Å². The van der Waals surface area contributed by atoms with Gasteiger partial charge in [0.05, 0.1) is 12.7 Å². The predicted molar refractivity (Wildman–Crippen MR) is 96.7 cm³/mol. The van der Waals surface area contributed by atoms with Crippen LogP contribution in [-0.4, -0.2) is 45.9 Å². The molecule has 1 saturated carbocycles. The summed E-state index contributed by atoms with van der Waals surface area (Å²) in [6.45, 7) is 4.34. The quantitative estimate of drug-likeness (QED) is 0.653. The predicted octanol–water partition coefficient (Wildman–Crippen LogP) is 2.18. The van der Waals surface area contributed by atoms with E-state index in [9.17, 15) is 15.5 Å². The molecule has 1 aromatic carbocycles. The van der Waals surface area contributed by atoms with Gasteiger partial charge in [0.1, 0.15) is 11.6 Å². The molecule has 1 aliphatic carbocycles. The molecule has 2 fully saturated rings. The van der Waals surface area contributed by atoms with E-state index in [4.69, 9.17) is 0 Å². The van der Waals surface area contributed by atoms with Crippen molar-refractivity contribution in [2.75, 3.05) is 13.2 Å². The topological polar surface area (TPSA) is 67.5 Å². The minimum absolute atomic E-state index is 0.00373. The second kappa shape index (κ2) is 7.42. The number of nitriles is 1. The molecule has 25 heavy (non-hydrogen) atoms. The molecular formula is C21H24N2O2. The van der Waals surface area contributed by atoms with Crippen LogP contribution in [0.5, 0.6) is 0 Å². The molecule has 1 heterocycles. The molecule has 0 radical (unpaired) electrons. The first kappa shape index (κ1) is 17.7. The molecule has 130 valence electrons. The third-order valence-corrected chi connectivity index (χ3v) is 5.36. The molecule has 4 heteroatoms. The van der Waals surface area contributed by atoms with E-state index in [1.165, 1.54) is 0 Å². The van der Waals surface area contributed by atoms with E-state index in [0.717, 1.165) is 36.8 Å². The minimum Gasteiger partial charge on any atom is -0.395 e. The zero-order valence-corrected chi connectivity index (χ0v) is 14.4. The van der Waals surface area contributed by atoms with Crippen LogP contribution < -0.4 is 0 Å². The first-order valence-electron chi connectivity index (χ1n) is 8.84. The van der Waals surface area contributed by atoms with Gasteiger partial charge in [-0.3, -0.25) is 4.90 Å². The van der Waals surface area contributed by atoms with Gasteiger partial charge in [0.25, 0.3) is 0 Å². The fraction of sp³-hybridized carbons (Fsp3) is 0.476. The Morgan fingerprint density at radius 3 is 2.52 bits per heavy atom. The molecule has 3 atom stereocenters. The van der Waals surface area contributed by atoms with Crippen molar-refractivity contribution in [3.05, 3.63) is 48.0 Å². The van der Waals surface area contributed by atoms with Crippen LogP contribution in [0.4, 0.5) is 0 Å². The number of nitrogens with zero attached hydrogens (tertiary/aromatic N) is 2. The van der Waals surface area contributed by atoms with Crippen LogP contribution in [0, 0.1) is 23.2 Å². The van der Waals surface area contributed by atoms with E-state index < -0.39 is 5.60 Å². The van der Waals surface area contributed by atoms with Crippen molar-refractivity contribution in [3.63, 3.8) is 0 Å². The fourth-order valence-corrected chi connectivity index (χ4v) is 3.97. The van der Waals surface area contributed by atoms with Crippen molar-refractivity contribution in [2.45, 2.75) is 49.3 Å². The molecule has 2 aliphatic rings. The van der Waals surface area contributed by atoms with E-state index in [-0.39, 0.29) is 24.6 Å². The standard InChI is InChI=1S/C21H24N2O2/c1-2-13-23-18(14-22)20(19(23)15-24)17-7-5-16(6-8-17)9-12-21(25)10-3-4-11-21/h2,5-8,18-20,24-25H,1,3-4,10-11,13,15H2/t18-,19+,20+/m0/s1. The van der Waals surface area contributed by atoms with Gasteiger partial charge in [0.15, 0.2) is 0 Å². The fourth-order valence-electron chi connectivity index (χ4n) is 3.97. The largest absolute Gasteiger partial charge is 0.395 e. The van der Waals surface area contributed by atoms with Crippen molar-refractivity contribution in [1.82, 2.24) is 4.90 Å². The van der Waals surface area contributed by atoms with Crippen molar-refractivity contribution in [3.8, 4) is 17.9 Å². The summed E-state index contributed by atoms with van der Waals surface area (Å²) in [5.41, 5.74) is 1.07. The maximum absolute atomic E-state index is 10.3. The summed E-state index contributed by atoms with van der Waals surface area (Å²) < 4.78 is 0. The van der Waals surface area contributed by atoms with Crippen LogP contribution in [0.3, 0.4) is 0 Å². The second-order valence-corrected chi connectivity index (χ2v) is 6.95. The van der Waals surface area contributed by atoms with Crippen molar-refractivity contribution < 1.29 is 10.2 Å². The summed E-state index contributed by atoms with van der Waals surface area (Å²) in [4.78, 5) is 1.97. The molecular weight excluding hydrogens is 312 g/mol. The maximum atomic E-state index is 10.3. The van der Waals surface area contributed by atoms with E-state index >= 15 is 0 Å². The van der Waals surface area contributed by atoms with E-state index in [2.05, 4.69) is 24.5 Å². The summed E-state index contributed by atoms with van der Waals surface area (Å²) in [7, 11) is 0. The first-order chi connectivity index (χ1) is 12.1. The molecule has 1 aliphatic heterocycles. The highest BCUT2D eigenvalue weighted by molar-refractivity contribution is 5.41.